The molecule has 1 aromatic carbocycles. The Kier molecular flexibility index (Phi) is 5.07. The van der Waals surface area contributed by atoms with Crippen molar-refractivity contribution in [1.29, 1.82) is 0 Å². The van der Waals surface area contributed by atoms with E-state index < -0.39 is 0 Å². The van der Waals surface area contributed by atoms with Gasteiger partial charge in [0.1, 0.15) is 0 Å². The van der Waals surface area contributed by atoms with Gasteiger partial charge < -0.3 is 16.4 Å². The van der Waals surface area contributed by atoms with Crippen molar-refractivity contribution in [2.75, 3.05) is 34.9 Å². The quantitative estimate of drug-likeness (QED) is 0.744. The lowest BCUT2D eigenvalue weighted by Crippen LogP contribution is -2.36. The predicted molar refractivity (Wildman–Crippen MR) is 81.4 cm³/mol. The maximum absolute atomic E-state index is 11.7. The lowest BCUT2D eigenvalue weighted by Gasteiger charge is -2.21. The van der Waals surface area contributed by atoms with Crippen molar-refractivity contribution < 1.29 is 4.79 Å². The van der Waals surface area contributed by atoms with Gasteiger partial charge in [-0.05, 0) is 24.3 Å². The van der Waals surface area contributed by atoms with Gasteiger partial charge in [0.05, 0.1) is 0 Å². The van der Waals surface area contributed by atoms with Gasteiger partial charge in [0.15, 0.2) is 0 Å². The first-order valence-electron chi connectivity index (χ1n) is 5.84. The third-order valence-electron chi connectivity index (χ3n) is 2.54. The summed E-state index contributed by atoms with van der Waals surface area (Å²) in [5.41, 5.74) is 7.03. The van der Waals surface area contributed by atoms with Gasteiger partial charge in [-0.25, -0.2) is 4.79 Å². The van der Waals surface area contributed by atoms with Crippen LogP contribution in [0.1, 0.15) is 0 Å². The van der Waals surface area contributed by atoms with Crippen molar-refractivity contribution in [3.05, 3.63) is 24.3 Å². The largest absolute Gasteiger partial charge is 0.399 e. The topological polar surface area (TPSA) is 67.1 Å². The Hall–Kier alpha value is -1.01. The number of thioether (sulfide) groups is 2. The Labute approximate surface area is 115 Å². The highest BCUT2D eigenvalue weighted by Crippen LogP contribution is 2.23. The van der Waals surface area contributed by atoms with E-state index in [1.807, 2.05) is 23.5 Å². The Balaban J connectivity index is 1.73. The number of anilines is 2. The second-order valence-corrected chi connectivity index (χ2v) is 6.58. The van der Waals surface area contributed by atoms with Gasteiger partial charge in [-0.3, -0.25) is 0 Å². The maximum atomic E-state index is 11.7. The first-order valence-corrected chi connectivity index (χ1v) is 8.04. The van der Waals surface area contributed by atoms with Crippen LogP contribution in [-0.4, -0.2) is 35.1 Å². The van der Waals surface area contributed by atoms with Crippen LogP contribution in [-0.2, 0) is 0 Å². The van der Waals surface area contributed by atoms with Gasteiger partial charge in [-0.15, -0.1) is 0 Å². The van der Waals surface area contributed by atoms with E-state index in [4.69, 9.17) is 5.73 Å². The highest BCUT2D eigenvalue weighted by atomic mass is 32.2. The van der Waals surface area contributed by atoms with Crippen LogP contribution in [0.5, 0.6) is 0 Å². The lowest BCUT2D eigenvalue weighted by molar-refractivity contribution is 0.252. The molecule has 1 fully saturated rings. The minimum absolute atomic E-state index is 0.157. The molecule has 1 saturated heterocycles. The fourth-order valence-electron chi connectivity index (χ4n) is 1.60. The molecule has 4 N–H and O–H groups in total. The van der Waals surface area contributed by atoms with Crippen molar-refractivity contribution in [3.8, 4) is 0 Å². The van der Waals surface area contributed by atoms with Gasteiger partial charge in [0.25, 0.3) is 0 Å². The number of benzene rings is 1. The predicted octanol–water partition coefficient (Wildman–Crippen LogP) is 2.24. The van der Waals surface area contributed by atoms with Crippen LogP contribution >= 0.6 is 23.5 Å². The van der Waals surface area contributed by atoms with E-state index in [9.17, 15) is 4.79 Å². The average Bonchev–Trinajstić information content (AvgIpc) is 2.40. The van der Waals surface area contributed by atoms with Gasteiger partial charge in [-0.2, -0.15) is 23.5 Å². The number of amides is 2. The van der Waals surface area contributed by atoms with Gasteiger partial charge in [0, 0.05) is 40.4 Å². The molecule has 6 heteroatoms. The molecule has 0 spiro atoms. The molecule has 1 aliphatic rings. The van der Waals surface area contributed by atoms with Crippen molar-refractivity contribution in [2.45, 2.75) is 5.25 Å². The number of rotatable bonds is 3. The Morgan fingerprint density at radius 1 is 1.33 bits per heavy atom. The number of hydrogen-bond acceptors (Lipinski definition) is 4. The van der Waals surface area contributed by atoms with E-state index in [0.717, 1.165) is 18.0 Å². The van der Waals surface area contributed by atoms with Crippen molar-refractivity contribution in [3.63, 3.8) is 0 Å². The Morgan fingerprint density at radius 2 is 2.11 bits per heavy atom. The number of nitrogen functional groups attached to an aromatic ring is 1. The summed E-state index contributed by atoms with van der Waals surface area (Å²) in [5, 5.41) is 6.22. The van der Waals surface area contributed by atoms with Gasteiger partial charge in [-0.1, -0.05) is 0 Å². The van der Waals surface area contributed by atoms with Crippen LogP contribution in [0.15, 0.2) is 24.3 Å². The SMILES string of the molecule is Nc1ccc(NC(=O)NCC2CSCCS2)cc1. The first kappa shape index (κ1) is 13.4. The van der Waals surface area contributed by atoms with Crippen LogP contribution in [0, 0.1) is 0 Å². The Bertz CT molecular complexity index is 391. The molecule has 1 aliphatic heterocycles. The molecule has 1 atom stereocenters. The molecule has 2 rings (SSSR count). The minimum Gasteiger partial charge on any atom is -0.399 e. The van der Waals surface area contributed by atoms with E-state index in [1.165, 1.54) is 11.5 Å². The van der Waals surface area contributed by atoms with Crippen LogP contribution in [0.25, 0.3) is 0 Å². The van der Waals surface area contributed by atoms with Crippen LogP contribution in [0.2, 0.25) is 0 Å². The molecule has 0 saturated carbocycles. The van der Waals surface area contributed by atoms with E-state index in [2.05, 4.69) is 10.6 Å². The smallest absolute Gasteiger partial charge is 0.319 e. The highest BCUT2D eigenvalue weighted by molar-refractivity contribution is 8.06. The third kappa shape index (κ3) is 4.34. The van der Waals surface area contributed by atoms with Crippen LogP contribution in [0.3, 0.4) is 0 Å². The van der Waals surface area contributed by atoms with Gasteiger partial charge >= 0.3 is 6.03 Å². The summed E-state index contributed by atoms with van der Waals surface area (Å²) in [6.45, 7) is 0.721. The maximum Gasteiger partial charge on any atom is 0.319 e. The third-order valence-corrected chi connectivity index (χ3v) is 5.39. The molecule has 1 aromatic rings. The minimum atomic E-state index is -0.157. The number of carbonyl (C=O) groups is 1. The van der Waals surface area contributed by atoms with Crippen molar-refractivity contribution >= 4 is 40.9 Å². The second-order valence-electron chi connectivity index (χ2n) is 4.02. The number of hydrogen-bond donors (Lipinski definition) is 3. The van der Waals surface area contributed by atoms with E-state index in [1.54, 1.807) is 24.3 Å². The molecule has 2 amide bonds. The molecular weight excluding hydrogens is 266 g/mol. The molecule has 4 nitrogen and oxygen atoms in total. The molecule has 18 heavy (non-hydrogen) atoms. The standard InChI is InChI=1S/C12H17N3OS2/c13-9-1-3-10(4-2-9)15-12(16)14-7-11-8-17-5-6-18-11/h1-4,11H,5-8,13H2,(H2,14,15,16). The zero-order chi connectivity index (χ0) is 12.8. The normalized spacial score (nSPS) is 19.2. The number of carbonyl (C=O) groups excluding carboxylic acids is 1. The highest BCUT2D eigenvalue weighted by Gasteiger charge is 2.14. The molecule has 98 valence electrons. The lowest BCUT2D eigenvalue weighted by atomic mass is 10.3. The number of nitrogens with two attached hydrogens (primary N) is 1. The van der Waals surface area contributed by atoms with E-state index in [-0.39, 0.29) is 6.03 Å². The molecule has 0 radical (unpaired) electrons. The summed E-state index contributed by atoms with van der Waals surface area (Å²) in [4.78, 5) is 11.7. The molecule has 1 unspecified atom stereocenters. The zero-order valence-corrected chi connectivity index (χ0v) is 11.7. The van der Waals surface area contributed by atoms with E-state index >= 15 is 0 Å². The summed E-state index contributed by atoms with van der Waals surface area (Å²) in [6, 6.07) is 6.96. The summed E-state index contributed by atoms with van der Waals surface area (Å²) in [7, 11) is 0. The van der Waals surface area contributed by atoms with Crippen LogP contribution < -0.4 is 16.4 Å². The number of nitrogens with one attached hydrogen (secondary N) is 2. The monoisotopic (exact) mass is 283 g/mol. The fourth-order valence-corrected chi connectivity index (χ4v) is 4.21. The Morgan fingerprint density at radius 3 is 2.78 bits per heavy atom. The summed E-state index contributed by atoms with van der Waals surface area (Å²) < 4.78 is 0. The average molecular weight is 283 g/mol. The molecular formula is C12H17N3OS2. The van der Waals surface area contributed by atoms with Crippen LogP contribution in [0.4, 0.5) is 16.2 Å². The van der Waals surface area contributed by atoms with Gasteiger partial charge in [0.2, 0.25) is 0 Å². The molecule has 0 aliphatic carbocycles. The second kappa shape index (κ2) is 6.80. The summed E-state index contributed by atoms with van der Waals surface area (Å²) in [6.07, 6.45) is 0. The fraction of sp³-hybridized carbons (Fsp3) is 0.417. The van der Waals surface area contributed by atoms with E-state index in [0.29, 0.717) is 10.9 Å². The van der Waals surface area contributed by atoms with Crippen molar-refractivity contribution in [2.24, 2.45) is 0 Å². The molecule has 1 heterocycles. The summed E-state index contributed by atoms with van der Waals surface area (Å²) in [5.74, 6) is 3.52. The summed E-state index contributed by atoms with van der Waals surface area (Å²) >= 11 is 3.89. The first-order chi connectivity index (χ1) is 8.74. The zero-order valence-electron chi connectivity index (χ0n) is 10.0. The molecule has 0 bridgehead atoms. The molecule has 0 aromatic heterocycles. The number of urea groups is 1. The van der Waals surface area contributed by atoms with Crippen molar-refractivity contribution in [1.82, 2.24) is 5.32 Å².